The van der Waals surface area contributed by atoms with Crippen LogP contribution in [0.4, 0.5) is 0 Å². The van der Waals surface area contributed by atoms with E-state index < -0.39 is 11.5 Å². The molecule has 104 valence electrons. The van der Waals surface area contributed by atoms with Crippen LogP contribution in [0.5, 0.6) is 11.5 Å². The largest absolute Gasteiger partial charge is 0.493 e. The molecule has 1 aromatic carbocycles. The lowest BCUT2D eigenvalue weighted by atomic mass is 9.80. The summed E-state index contributed by atoms with van der Waals surface area (Å²) in [4.78, 5) is 0. The normalized spacial score (nSPS) is 15.2. The third-order valence-electron chi connectivity index (χ3n) is 3.39. The Bertz CT molecular complexity index is 498. The number of rotatable bonds is 5. The van der Waals surface area contributed by atoms with E-state index in [4.69, 9.17) is 9.47 Å². The molecule has 1 aromatic rings. The highest BCUT2D eigenvalue weighted by Gasteiger charge is 2.34. The van der Waals surface area contributed by atoms with Crippen LogP contribution in [0.1, 0.15) is 31.9 Å². The van der Waals surface area contributed by atoms with Gasteiger partial charge in [-0.2, -0.15) is 5.26 Å². The van der Waals surface area contributed by atoms with Crippen LogP contribution in [0, 0.1) is 16.7 Å². The van der Waals surface area contributed by atoms with Crippen molar-refractivity contribution in [2.75, 3.05) is 14.2 Å². The van der Waals surface area contributed by atoms with Gasteiger partial charge < -0.3 is 14.6 Å². The Morgan fingerprint density at radius 1 is 1.37 bits per heavy atom. The summed E-state index contributed by atoms with van der Waals surface area (Å²) in [5.41, 5.74) is -0.231. The maximum Gasteiger partial charge on any atom is 0.161 e. The molecule has 0 aliphatic heterocycles. The Morgan fingerprint density at radius 2 is 1.89 bits per heavy atom. The van der Waals surface area contributed by atoms with Gasteiger partial charge in [-0.25, -0.2) is 0 Å². The third kappa shape index (κ3) is 3.02. The number of aliphatic hydroxyl groups excluding tert-OH is 1. The predicted molar refractivity (Wildman–Crippen MR) is 76.2 cm³/mol. The zero-order chi connectivity index (χ0) is 14.6. The summed E-state index contributed by atoms with van der Waals surface area (Å²) in [6, 6.07) is 5.60. The number of hydrogen-bond donors (Lipinski definition) is 1. The van der Waals surface area contributed by atoms with Gasteiger partial charge in [0.05, 0.1) is 31.8 Å². The summed E-state index contributed by atoms with van der Waals surface area (Å²) in [5.74, 6) is 1.09. The molecule has 2 unspecified atom stereocenters. The number of benzene rings is 1. The Balaban J connectivity index is 3.32. The zero-order valence-corrected chi connectivity index (χ0v) is 13.1. The Labute approximate surface area is 122 Å². The van der Waals surface area contributed by atoms with Crippen molar-refractivity contribution in [3.05, 3.63) is 22.2 Å². The number of nitrogens with zero attached hydrogens (tertiary/aromatic N) is 1. The minimum atomic E-state index is -0.906. The maximum atomic E-state index is 10.5. The van der Waals surface area contributed by atoms with Gasteiger partial charge in [0.25, 0.3) is 0 Å². The number of methoxy groups -OCH3 is 2. The molecule has 0 bridgehead atoms. The number of nitriles is 1. The molecule has 4 nitrogen and oxygen atoms in total. The third-order valence-corrected chi connectivity index (χ3v) is 4.08. The van der Waals surface area contributed by atoms with Gasteiger partial charge in [-0.15, -0.1) is 0 Å². The molecule has 0 spiro atoms. The average Bonchev–Trinajstić information content (AvgIpc) is 2.45. The van der Waals surface area contributed by atoms with E-state index in [0.29, 0.717) is 28.0 Å². The molecule has 0 fully saturated rings. The molecule has 0 radical (unpaired) electrons. The SMILES string of the molecule is CCC(C)(C#N)C(O)c1cc(OC)c(OC)cc1Br. The van der Waals surface area contributed by atoms with E-state index in [1.54, 1.807) is 26.2 Å². The van der Waals surface area contributed by atoms with E-state index in [1.807, 2.05) is 6.92 Å². The molecule has 0 saturated carbocycles. The van der Waals surface area contributed by atoms with Crippen LogP contribution in [0.3, 0.4) is 0 Å². The van der Waals surface area contributed by atoms with Gasteiger partial charge in [0.2, 0.25) is 0 Å². The first-order valence-electron chi connectivity index (χ1n) is 5.94. The molecule has 0 saturated heterocycles. The van der Waals surface area contributed by atoms with E-state index in [9.17, 15) is 10.4 Å². The molecule has 5 heteroatoms. The minimum Gasteiger partial charge on any atom is -0.493 e. The monoisotopic (exact) mass is 327 g/mol. The first kappa shape index (κ1) is 15.8. The molecule has 0 amide bonds. The summed E-state index contributed by atoms with van der Waals surface area (Å²) in [6.45, 7) is 3.61. The fraction of sp³-hybridized carbons (Fsp3) is 0.500. The molecule has 0 aliphatic carbocycles. The topological polar surface area (TPSA) is 62.5 Å². The second kappa shape index (κ2) is 6.27. The summed E-state index contributed by atoms with van der Waals surface area (Å²) < 4.78 is 11.1. The lowest BCUT2D eigenvalue weighted by Gasteiger charge is -2.27. The standard InChI is InChI=1S/C14H18BrNO3/c1-5-14(2,8-16)13(17)9-6-11(18-3)12(19-4)7-10(9)15/h6-7,13,17H,5H2,1-4H3. The van der Waals surface area contributed by atoms with Crippen LogP contribution < -0.4 is 9.47 Å². The molecule has 1 N–H and O–H groups in total. The highest BCUT2D eigenvalue weighted by molar-refractivity contribution is 9.10. The van der Waals surface area contributed by atoms with E-state index in [0.717, 1.165) is 0 Å². The summed E-state index contributed by atoms with van der Waals surface area (Å²) >= 11 is 3.40. The smallest absolute Gasteiger partial charge is 0.161 e. The van der Waals surface area contributed by atoms with Gasteiger partial charge >= 0.3 is 0 Å². The van der Waals surface area contributed by atoms with Crippen molar-refractivity contribution in [1.29, 1.82) is 5.26 Å². The Morgan fingerprint density at radius 3 is 2.32 bits per heavy atom. The van der Waals surface area contributed by atoms with Crippen molar-refractivity contribution in [3.63, 3.8) is 0 Å². The predicted octanol–water partition coefficient (Wildman–Crippen LogP) is 3.44. The number of ether oxygens (including phenoxy) is 2. The molecule has 2 atom stereocenters. The van der Waals surface area contributed by atoms with Gasteiger partial charge in [0, 0.05) is 10.0 Å². The van der Waals surface area contributed by atoms with E-state index in [2.05, 4.69) is 22.0 Å². The van der Waals surface area contributed by atoms with Gasteiger partial charge in [-0.3, -0.25) is 0 Å². The molecule has 1 rings (SSSR count). The van der Waals surface area contributed by atoms with Gasteiger partial charge in [-0.1, -0.05) is 22.9 Å². The minimum absolute atomic E-state index is 0.524. The Kier molecular flexibility index (Phi) is 5.21. The van der Waals surface area contributed by atoms with E-state index >= 15 is 0 Å². The zero-order valence-electron chi connectivity index (χ0n) is 11.5. The highest BCUT2D eigenvalue weighted by atomic mass is 79.9. The van der Waals surface area contributed by atoms with Gasteiger partial charge in [0.1, 0.15) is 0 Å². The molecule has 0 heterocycles. The van der Waals surface area contributed by atoms with Crippen molar-refractivity contribution >= 4 is 15.9 Å². The van der Waals surface area contributed by atoms with Gasteiger partial charge in [-0.05, 0) is 25.5 Å². The van der Waals surface area contributed by atoms with Crippen LogP contribution in [0.2, 0.25) is 0 Å². The van der Waals surface area contributed by atoms with Crippen molar-refractivity contribution in [3.8, 4) is 17.6 Å². The lowest BCUT2D eigenvalue weighted by Crippen LogP contribution is -2.23. The number of hydrogen-bond acceptors (Lipinski definition) is 4. The van der Waals surface area contributed by atoms with Crippen LogP contribution in [-0.4, -0.2) is 19.3 Å². The van der Waals surface area contributed by atoms with Crippen molar-refractivity contribution in [2.24, 2.45) is 5.41 Å². The van der Waals surface area contributed by atoms with Crippen molar-refractivity contribution in [2.45, 2.75) is 26.4 Å². The van der Waals surface area contributed by atoms with Crippen LogP contribution in [0.15, 0.2) is 16.6 Å². The second-order valence-corrected chi connectivity index (χ2v) is 5.37. The molecular weight excluding hydrogens is 310 g/mol. The van der Waals surface area contributed by atoms with Crippen molar-refractivity contribution in [1.82, 2.24) is 0 Å². The summed E-state index contributed by atoms with van der Waals surface area (Å²) in [7, 11) is 3.08. The fourth-order valence-electron chi connectivity index (χ4n) is 1.76. The molecule has 19 heavy (non-hydrogen) atoms. The maximum absolute atomic E-state index is 10.5. The average molecular weight is 328 g/mol. The number of halogens is 1. The number of aliphatic hydroxyl groups is 1. The van der Waals surface area contributed by atoms with Gasteiger partial charge in [0.15, 0.2) is 11.5 Å². The van der Waals surface area contributed by atoms with E-state index in [-0.39, 0.29) is 0 Å². The van der Waals surface area contributed by atoms with Crippen LogP contribution in [0.25, 0.3) is 0 Å². The second-order valence-electron chi connectivity index (χ2n) is 4.51. The van der Waals surface area contributed by atoms with Crippen LogP contribution >= 0.6 is 15.9 Å². The molecular formula is C14H18BrNO3. The fourth-order valence-corrected chi connectivity index (χ4v) is 2.30. The van der Waals surface area contributed by atoms with E-state index in [1.165, 1.54) is 7.11 Å². The van der Waals surface area contributed by atoms with Crippen LogP contribution in [-0.2, 0) is 0 Å². The molecule has 0 aromatic heterocycles. The molecule has 0 aliphatic rings. The lowest BCUT2D eigenvalue weighted by molar-refractivity contribution is 0.0713. The summed E-state index contributed by atoms with van der Waals surface area (Å²) in [5, 5.41) is 19.7. The first-order chi connectivity index (χ1) is 8.93. The summed E-state index contributed by atoms with van der Waals surface area (Å²) in [6.07, 6.45) is -0.359. The highest BCUT2D eigenvalue weighted by Crippen LogP contribution is 2.43. The first-order valence-corrected chi connectivity index (χ1v) is 6.73. The quantitative estimate of drug-likeness (QED) is 0.899. The van der Waals surface area contributed by atoms with Crippen molar-refractivity contribution < 1.29 is 14.6 Å². The Hall–Kier alpha value is -1.25.